The van der Waals surface area contributed by atoms with Gasteiger partial charge >= 0.3 is 0 Å². The van der Waals surface area contributed by atoms with Crippen molar-refractivity contribution in [3.8, 4) is 5.75 Å². The Morgan fingerprint density at radius 1 is 1.53 bits per heavy atom. The number of halogens is 1. The molecule has 1 N–H and O–H groups in total. The van der Waals surface area contributed by atoms with Crippen LogP contribution in [0.4, 0.5) is 0 Å². The zero-order valence-electron chi connectivity index (χ0n) is 9.90. The SMILES string of the molecule is COCCNC(=O)C(C)Oc1cccc(I)c1. The van der Waals surface area contributed by atoms with Gasteiger partial charge in [-0.3, -0.25) is 4.79 Å². The highest BCUT2D eigenvalue weighted by Crippen LogP contribution is 2.16. The summed E-state index contributed by atoms with van der Waals surface area (Å²) in [6.45, 7) is 2.72. The standard InChI is InChI=1S/C12H16INO3/c1-9(12(15)14-6-7-16-2)17-11-5-3-4-10(13)8-11/h3-5,8-9H,6-7H2,1-2H3,(H,14,15). The number of ether oxygens (including phenoxy) is 2. The lowest BCUT2D eigenvalue weighted by Gasteiger charge is -2.14. The van der Waals surface area contributed by atoms with Crippen LogP contribution < -0.4 is 10.1 Å². The molecule has 0 aliphatic heterocycles. The predicted molar refractivity (Wildman–Crippen MR) is 74.1 cm³/mol. The van der Waals surface area contributed by atoms with E-state index in [1.807, 2.05) is 24.3 Å². The van der Waals surface area contributed by atoms with Gasteiger partial charge in [-0.15, -0.1) is 0 Å². The van der Waals surface area contributed by atoms with Crippen LogP contribution in [0.25, 0.3) is 0 Å². The highest BCUT2D eigenvalue weighted by molar-refractivity contribution is 14.1. The molecule has 1 unspecified atom stereocenters. The molecule has 0 bridgehead atoms. The third kappa shape index (κ3) is 5.36. The fourth-order valence-corrected chi connectivity index (χ4v) is 1.73. The fourth-order valence-electron chi connectivity index (χ4n) is 1.22. The van der Waals surface area contributed by atoms with Crippen molar-refractivity contribution in [1.29, 1.82) is 0 Å². The van der Waals surface area contributed by atoms with E-state index in [2.05, 4.69) is 27.9 Å². The number of hydrogen-bond donors (Lipinski definition) is 1. The first kappa shape index (κ1) is 14.2. The third-order valence-electron chi connectivity index (χ3n) is 2.08. The van der Waals surface area contributed by atoms with E-state index in [-0.39, 0.29) is 5.91 Å². The molecule has 0 fully saturated rings. The summed E-state index contributed by atoms with van der Waals surface area (Å²) in [7, 11) is 1.60. The average Bonchev–Trinajstić information content (AvgIpc) is 2.29. The molecule has 0 aliphatic rings. The Hall–Kier alpha value is -0.820. The average molecular weight is 349 g/mol. The minimum atomic E-state index is -0.509. The van der Waals surface area contributed by atoms with Gasteiger partial charge in [-0.25, -0.2) is 0 Å². The number of methoxy groups -OCH3 is 1. The zero-order valence-corrected chi connectivity index (χ0v) is 12.1. The first-order valence-corrected chi connectivity index (χ1v) is 6.40. The zero-order chi connectivity index (χ0) is 12.7. The maximum Gasteiger partial charge on any atom is 0.260 e. The molecule has 1 rings (SSSR count). The van der Waals surface area contributed by atoms with Crippen molar-refractivity contribution in [1.82, 2.24) is 5.32 Å². The number of nitrogens with one attached hydrogen (secondary N) is 1. The summed E-state index contributed by atoms with van der Waals surface area (Å²) in [5.74, 6) is 0.562. The molecule has 0 spiro atoms. The van der Waals surface area contributed by atoms with Crippen LogP contribution in [-0.2, 0) is 9.53 Å². The number of amides is 1. The molecule has 1 amide bonds. The number of rotatable bonds is 6. The molecule has 0 heterocycles. The van der Waals surface area contributed by atoms with Crippen molar-refractivity contribution in [2.24, 2.45) is 0 Å². The molecule has 0 radical (unpaired) electrons. The molecular formula is C12H16INO3. The summed E-state index contributed by atoms with van der Waals surface area (Å²) in [5, 5.41) is 2.73. The second-order valence-electron chi connectivity index (χ2n) is 3.50. The summed E-state index contributed by atoms with van der Waals surface area (Å²) in [4.78, 5) is 11.6. The normalized spacial score (nSPS) is 11.9. The number of carbonyl (C=O) groups excluding carboxylic acids is 1. The number of carbonyl (C=O) groups is 1. The molecule has 0 saturated carbocycles. The van der Waals surface area contributed by atoms with Crippen LogP contribution in [0.2, 0.25) is 0 Å². The van der Waals surface area contributed by atoms with Crippen LogP contribution in [0.5, 0.6) is 5.75 Å². The first-order chi connectivity index (χ1) is 8.13. The lowest BCUT2D eigenvalue weighted by molar-refractivity contribution is -0.127. The Bertz CT molecular complexity index is 371. The van der Waals surface area contributed by atoms with Gasteiger partial charge in [-0.2, -0.15) is 0 Å². The number of benzene rings is 1. The van der Waals surface area contributed by atoms with E-state index in [4.69, 9.17) is 9.47 Å². The van der Waals surface area contributed by atoms with E-state index in [9.17, 15) is 4.79 Å². The van der Waals surface area contributed by atoms with Crippen LogP contribution in [0.15, 0.2) is 24.3 Å². The highest BCUT2D eigenvalue weighted by Gasteiger charge is 2.13. The van der Waals surface area contributed by atoms with Crippen LogP contribution in [0, 0.1) is 3.57 Å². The lowest BCUT2D eigenvalue weighted by atomic mass is 10.3. The van der Waals surface area contributed by atoms with Crippen LogP contribution in [-0.4, -0.2) is 32.3 Å². The Balaban J connectivity index is 2.43. The van der Waals surface area contributed by atoms with Gasteiger partial charge in [0, 0.05) is 17.2 Å². The lowest BCUT2D eigenvalue weighted by Crippen LogP contribution is -2.37. The second kappa shape index (κ2) is 7.50. The molecular weight excluding hydrogens is 333 g/mol. The molecule has 0 aliphatic carbocycles. The van der Waals surface area contributed by atoms with E-state index in [1.165, 1.54) is 0 Å². The van der Waals surface area contributed by atoms with Gasteiger partial charge in [-0.05, 0) is 47.7 Å². The fraction of sp³-hybridized carbons (Fsp3) is 0.417. The summed E-state index contributed by atoms with van der Waals surface area (Å²) in [6.07, 6.45) is -0.509. The van der Waals surface area contributed by atoms with E-state index in [0.29, 0.717) is 18.9 Å². The summed E-state index contributed by atoms with van der Waals surface area (Å²) in [6, 6.07) is 7.59. The van der Waals surface area contributed by atoms with Crippen LogP contribution >= 0.6 is 22.6 Å². The van der Waals surface area contributed by atoms with Crippen molar-refractivity contribution in [3.63, 3.8) is 0 Å². The van der Waals surface area contributed by atoms with Crippen molar-refractivity contribution < 1.29 is 14.3 Å². The van der Waals surface area contributed by atoms with Crippen LogP contribution in [0.1, 0.15) is 6.92 Å². The molecule has 0 saturated heterocycles. The maximum absolute atomic E-state index is 11.6. The van der Waals surface area contributed by atoms with Crippen molar-refractivity contribution in [3.05, 3.63) is 27.8 Å². The molecule has 1 aromatic carbocycles. The largest absolute Gasteiger partial charge is 0.481 e. The van der Waals surface area contributed by atoms with Gasteiger partial charge in [-0.1, -0.05) is 6.07 Å². The molecule has 1 aromatic rings. The molecule has 4 nitrogen and oxygen atoms in total. The summed E-state index contributed by atoms with van der Waals surface area (Å²) in [5.41, 5.74) is 0. The summed E-state index contributed by atoms with van der Waals surface area (Å²) >= 11 is 2.20. The van der Waals surface area contributed by atoms with E-state index >= 15 is 0 Å². The van der Waals surface area contributed by atoms with Gasteiger partial charge in [0.1, 0.15) is 5.75 Å². The van der Waals surface area contributed by atoms with Crippen molar-refractivity contribution in [2.45, 2.75) is 13.0 Å². The van der Waals surface area contributed by atoms with E-state index < -0.39 is 6.10 Å². The van der Waals surface area contributed by atoms with Gasteiger partial charge in [0.15, 0.2) is 6.10 Å². The molecule has 0 aromatic heterocycles. The van der Waals surface area contributed by atoms with Gasteiger partial charge < -0.3 is 14.8 Å². The first-order valence-electron chi connectivity index (χ1n) is 5.32. The van der Waals surface area contributed by atoms with Crippen LogP contribution in [0.3, 0.4) is 0 Å². The molecule has 5 heteroatoms. The van der Waals surface area contributed by atoms with Gasteiger partial charge in [0.05, 0.1) is 6.61 Å². The molecule has 94 valence electrons. The Morgan fingerprint density at radius 2 is 2.29 bits per heavy atom. The monoisotopic (exact) mass is 349 g/mol. The summed E-state index contributed by atoms with van der Waals surface area (Å²) < 4.78 is 11.5. The maximum atomic E-state index is 11.6. The smallest absolute Gasteiger partial charge is 0.260 e. The minimum Gasteiger partial charge on any atom is -0.481 e. The quantitative estimate of drug-likeness (QED) is 0.630. The van der Waals surface area contributed by atoms with Crippen molar-refractivity contribution >= 4 is 28.5 Å². The number of hydrogen-bond acceptors (Lipinski definition) is 3. The van der Waals surface area contributed by atoms with Gasteiger partial charge in [0.2, 0.25) is 0 Å². The second-order valence-corrected chi connectivity index (χ2v) is 4.75. The Labute approximate surface area is 115 Å². The topological polar surface area (TPSA) is 47.6 Å². The van der Waals surface area contributed by atoms with E-state index in [1.54, 1.807) is 14.0 Å². The van der Waals surface area contributed by atoms with Gasteiger partial charge in [0.25, 0.3) is 5.91 Å². The predicted octanol–water partition coefficient (Wildman–Crippen LogP) is 1.82. The van der Waals surface area contributed by atoms with E-state index in [0.717, 1.165) is 3.57 Å². The molecule has 17 heavy (non-hydrogen) atoms. The third-order valence-corrected chi connectivity index (χ3v) is 2.75. The molecule has 1 atom stereocenters. The Morgan fingerprint density at radius 3 is 2.94 bits per heavy atom. The Kier molecular flexibility index (Phi) is 6.28. The highest BCUT2D eigenvalue weighted by atomic mass is 127. The minimum absolute atomic E-state index is 0.138. The van der Waals surface area contributed by atoms with Crippen molar-refractivity contribution in [2.75, 3.05) is 20.3 Å².